The van der Waals surface area contributed by atoms with Crippen LogP contribution in [0.2, 0.25) is 0 Å². The minimum absolute atomic E-state index is 0.104. The zero-order chi connectivity index (χ0) is 17.8. The summed E-state index contributed by atoms with van der Waals surface area (Å²) in [5.74, 6) is -0.980. The van der Waals surface area contributed by atoms with E-state index in [1.807, 2.05) is 0 Å². The number of nitrogens with zero attached hydrogens (tertiary/aromatic N) is 3. The fourth-order valence-corrected chi connectivity index (χ4v) is 3.01. The fourth-order valence-electron chi connectivity index (χ4n) is 3.01. The van der Waals surface area contributed by atoms with E-state index in [2.05, 4.69) is 10.0 Å². The van der Waals surface area contributed by atoms with Crippen LogP contribution >= 0.6 is 0 Å². The van der Waals surface area contributed by atoms with Crippen LogP contribution in [0.25, 0.3) is 10.4 Å². The van der Waals surface area contributed by atoms with Gasteiger partial charge in [-0.15, -0.1) is 0 Å². The lowest BCUT2D eigenvalue weighted by molar-refractivity contribution is -0.283. The first-order valence-corrected chi connectivity index (χ1v) is 8.48. The summed E-state index contributed by atoms with van der Waals surface area (Å²) in [6, 6.07) is 0. The van der Waals surface area contributed by atoms with Gasteiger partial charge in [-0.05, 0) is 24.8 Å². The summed E-state index contributed by atoms with van der Waals surface area (Å²) in [5.41, 5.74) is 8.17. The van der Waals surface area contributed by atoms with Gasteiger partial charge in [0.05, 0.1) is 6.10 Å². The summed E-state index contributed by atoms with van der Waals surface area (Å²) >= 11 is 0. The Morgan fingerprint density at radius 1 is 1.04 bits per heavy atom. The molecule has 140 valence electrons. The van der Waals surface area contributed by atoms with E-state index in [0.29, 0.717) is 19.6 Å². The standard InChI is InChI=1S/C15H29N3O6/c16-18-17-6-3-1-2-4-8-23-15-14(22)12(10-21)11(9-20)13(24-15)5-7-19/h11-15,19-22H,1-10H2/t11-,12-,13?,14?,15-/m0/s1. The number of aliphatic hydroxyl groups is 4. The highest BCUT2D eigenvalue weighted by Crippen LogP contribution is 2.33. The highest BCUT2D eigenvalue weighted by molar-refractivity contribution is 4.88. The Morgan fingerprint density at radius 2 is 1.75 bits per heavy atom. The molecular formula is C15H29N3O6. The zero-order valence-electron chi connectivity index (χ0n) is 13.9. The molecular weight excluding hydrogens is 318 g/mol. The molecule has 0 bridgehead atoms. The van der Waals surface area contributed by atoms with Gasteiger partial charge < -0.3 is 29.9 Å². The second kappa shape index (κ2) is 12.4. The maximum atomic E-state index is 10.3. The largest absolute Gasteiger partial charge is 0.396 e. The fraction of sp³-hybridized carbons (Fsp3) is 1.00. The lowest BCUT2D eigenvalue weighted by atomic mass is 9.81. The zero-order valence-corrected chi connectivity index (χ0v) is 13.9. The van der Waals surface area contributed by atoms with Crippen molar-refractivity contribution in [2.45, 2.75) is 50.6 Å². The molecule has 0 aliphatic carbocycles. The van der Waals surface area contributed by atoms with E-state index in [1.54, 1.807) is 0 Å². The van der Waals surface area contributed by atoms with E-state index in [-0.39, 0.29) is 19.8 Å². The highest BCUT2D eigenvalue weighted by atomic mass is 16.7. The van der Waals surface area contributed by atoms with Crippen LogP contribution in [0.3, 0.4) is 0 Å². The van der Waals surface area contributed by atoms with Gasteiger partial charge in [0.2, 0.25) is 0 Å². The molecule has 0 saturated carbocycles. The first kappa shape index (κ1) is 21.1. The molecule has 1 fully saturated rings. The summed E-state index contributed by atoms with van der Waals surface area (Å²) in [6.45, 7) is 0.275. The van der Waals surface area contributed by atoms with Crippen LogP contribution in [-0.2, 0) is 9.47 Å². The van der Waals surface area contributed by atoms with Gasteiger partial charge >= 0.3 is 0 Å². The topological polar surface area (TPSA) is 148 Å². The Kier molecular flexibility index (Phi) is 10.9. The van der Waals surface area contributed by atoms with Gasteiger partial charge in [0.15, 0.2) is 6.29 Å². The molecule has 0 aromatic heterocycles. The van der Waals surface area contributed by atoms with Crippen LogP contribution in [0.1, 0.15) is 32.1 Å². The van der Waals surface area contributed by atoms with Crippen molar-refractivity contribution < 1.29 is 29.9 Å². The number of hydrogen-bond donors (Lipinski definition) is 4. The SMILES string of the molecule is [N-]=[N+]=NCCCCCCO[C@H]1OC(CCO)[C@@H](CO)[C@H](CO)C1O. The summed E-state index contributed by atoms with van der Waals surface area (Å²) < 4.78 is 11.3. The molecule has 0 spiro atoms. The van der Waals surface area contributed by atoms with Gasteiger partial charge in [-0.2, -0.15) is 0 Å². The van der Waals surface area contributed by atoms with Crippen LogP contribution in [0.5, 0.6) is 0 Å². The van der Waals surface area contributed by atoms with Gasteiger partial charge in [0.1, 0.15) is 6.10 Å². The predicted octanol–water partition coefficient (Wildman–Crippen LogP) is 0.559. The highest BCUT2D eigenvalue weighted by Gasteiger charge is 2.44. The van der Waals surface area contributed by atoms with Crippen molar-refractivity contribution in [1.82, 2.24) is 0 Å². The lowest BCUT2D eigenvalue weighted by Crippen LogP contribution is -2.54. The van der Waals surface area contributed by atoms with Crippen molar-refractivity contribution in [2.75, 3.05) is 33.0 Å². The Morgan fingerprint density at radius 3 is 2.38 bits per heavy atom. The molecule has 9 nitrogen and oxygen atoms in total. The second-order valence-electron chi connectivity index (χ2n) is 5.98. The average Bonchev–Trinajstić information content (AvgIpc) is 2.59. The molecule has 1 rings (SSSR count). The normalized spacial score (nSPS) is 30.1. The number of hydrogen-bond acceptors (Lipinski definition) is 7. The van der Waals surface area contributed by atoms with E-state index in [4.69, 9.17) is 20.1 Å². The molecule has 24 heavy (non-hydrogen) atoms. The van der Waals surface area contributed by atoms with Gasteiger partial charge in [0, 0.05) is 49.7 Å². The smallest absolute Gasteiger partial charge is 0.184 e. The van der Waals surface area contributed by atoms with Crippen LogP contribution < -0.4 is 0 Å². The molecule has 0 radical (unpaired) electrons. The van der Waals surface area contributed by atoms with Crippen molar-refractivity contribution in [3.63, 3.8) is 0 Å². The number of unbranched alkanes of at least 4 members (excludes halogenated alkanes) is 3. The minimum atomic E-state index is -1.02. The maximum Gasteiger partial charge on any atom is 0.184 e. The monoisotopic (exact) mass is 347 g/mol. The Labute approximate surface area is 141 Å². The Bertz CT molecular complexity index is 380. The molecule has 1 aliphatic heterocycles. The van der Waals surface area contributed by atoms with Crippen molar-refractivity contribution in [3.8, 4) is 0 Å². The number of rotatable bonds is 12. The Hall–Kier alpha value is -0.930. The van der Waals surface area contributed by atoms with Crippen LogP contribution in [0.4, 0.5) is 0 Å². The molecule has 1 heterocycles. The molecule has 5 atom stereocenters. The van der Waals surface area contributed by atoms with Crippen LogP contribution in [0, 0.1) is 11.8 Å². The minimum Gasteiger partial charge on any atom is -0.396 e. The second-order valence-corrected chi connectivity index (χ2v) is 5.98. The number of ether oxygens (including phenoxy) is 2. The van der Waals surface area contributed by atoms with Crippen LogP contribution in [0.15, 0.2) is 5.11 Å². The van der Waals surface area contributed by atoms with Crippen LogP contribution in [-0.4, -0.2) is 71.9 Å². The van der Waals surface area contributed by atoms with Gasteiger partial charge in [0.25, 0.3) is 0 Å². The first-order chi connectivity index (χ1) is 11.7. The predicted molar refractivity (Wildman–Crippen MR) is 86.0 cm³/mol. The molecule has 4 N–H and O–H groups in total. The number of azide groups is 1. The molecule has 1 saturated heterocycles. The molecule has 0 aromatic carbocycles. The van der Waals surface area contributed by atoms with Gasteiger partial charge in [-0.3, -0.25) is 0 Å². The summed E-state index contributed by atoms with van der Waals surface area (Å²) in [5, 5.41) is 41.8. The molecule has 9 heteroatoms. The van der Waals surface area contributed by atoms with Crippen molar-refractivity contribution in [1.29, 1.82) is 0 Å². The van der Waals surface area contributed by atoms with E-state index in [1.165, 1.54) is 0 Å². The van der Waals surface area contributed by atoms with Gasteiger partial charge in [-0.25, -0.2) is 0 Å². The average molecular weight is 347 g/mol. The third-order valence-electron chi connectivity index (χ3n) is 4.39. The van der Waals surface area contributed by atoms with Crippen molar-refractivity contribution >= 4 is 0 Å². The number of aliphatic hydroxyl groups excluding tert-OH is 4. The Balaban J connectivity index is 2.38. The quantitative estimate of drug-likeness (QED) is 0.175. The van der Waals surface area contributed by atoms with E-state index >= 15 is 0 Å². The van der Waals surface area contributed by atoms with E-state index in [9.17, 15) is 15.3 Å². The first-order valence-electron chi connectivity index (χ1n) is 8.48. The molecule has 0 amide bonds. The third kappa shape index (κ3) is 6.52. The van der Waals surface area contributed by atoms with E-state index in [0.717, 1.165) is 25.7 Å². The summed E-state index contributed by atoms with van der Waals surface area (Å²) in [7, 11) is 0. The van der Waals surface area contributed by atoms with Gasteiger partial charge in [-0.1, -0.05) is 18.0 Å². The third-order valence-corrected chi connectivity index (χ3v) is 4.39. The summed E-state index contributed by atoms with van der Waals surface area (Å²) in [4.78, 5) is 2.69. The lowest BCUT2D eigenvalue weighted by Gasteiger charge is -2.43. The van der Waals surface area contributed by atoms with E-state index < -0.39 is 30.3 Å². The molecule has 0 aromatic rings. The molecule has 1 aliphatic rings. The van der Waals surface area contributed by atoms with Crippen molar-refractivity contribution in [3.05, 3.63) is 10.4 Å². The maximum absolute atomic E-state index is 10.3. The van der Waals surface area contributed by atoms with Crippen molar-refractivity contribution in [2.24, 2.45) is 17.0 Å². The molecule has 2 unspecified atom stereocenters. The summed E-state index contributed by atoms with van der Waals surface area (Å²) in [6.07, 6.45) is 1.40.